The van der Waals surface area contributed by atoms with Gasteiger partial charge in [0.15, 0.2) is 14.7 Å². The van der Waals surface area contributed by atoms with Gasteiger partial charge in [-0.15, -0.1) is 0 Å². The summed E-state index contributed by atoms with van der Waals surface area (Å²) in [6.07, 6.45) is 0. The van der Waals surface area contributed by atoms with Gasteiger partial charge in [-0.3, -0.25) is 0 Å². The lowest BCUT2D eigenvalue weighted by molar-refractivity contribution is 0.227. The van der Waals surface area contributed by atoms with Crippen molar-refractivity contribution in [3.63, 3.8) is 0 Å². The number of ether oxygens (including phenoxy) is 1. The van der Waals surface area contributed by atoms with Gasteiger partial charge in [0.05, 0.1) is 5.75 Å². The molecule has 0 amide bonds. The molecule has 1 aliphatic rings. The second-order valence-electron chi connectivity index (χ2n) is 2.16. The number of allylic oxidation sites excluding steroid dienone is 2. The number of sulfone groups is 1. The monoisotopic (exact) mass is 189 g/mol. The third-order valence-corrected chi connectivity index (χ3v) is 3.11. The molecule has 1 rings (SSSR count). The Morgan fingerprint density at radius 1 is 1.58 bits per heavy atom. The zero-order valence-electron chi connectivity index (χ0n) is 5.99. The predicted octanol–water partition coefficient (Wildman–Crippen LogP) is 0.823. The van der Waals surface area contributed by atoms with Gasteiger partial charge in [0.1, 0.15) is 18.4 Å². The Morgan fingerprint density at radius 3 is 2.50 bits per heavy atom. The molecule has 0 aromatic rings. The van der Waals surface area contributed by atoms with E-state index in [1.54, 1.807) is 6.07 Å². The van der Waals surface area contributed by atoms with Crippen molar-refractivity contribution >= 4 is 9.84 Å². The van der Waals surface area contributed by atoms with E-state index in [0.717, 1.165) is 0 Å². The van der Waals surface area contributed by atoms with E-state index in [-0.39, 0.29) is 30.5 Å². The van der Waals surface area contributed by atoms with Crippen LogP contribution in [0.2, 0.25) is 0 Å². The predicted molar refractivity (Wildman–Crippen MR) is 44.8 cm³/mol. The number of hydrogen-bond acceptors (Lipinski definition) is 4. The highest BCUT2D eigenvalue weighted by molar-refractivity contribution is 7.95. The highest BCUT2D eigenvalue weighted by atomic mass is 32.2. The molecule has 1 heterocycles. The maximum atomic E-state index is 11.1. The fourth-order valence-electron chi connectivity index (χ4n) is 0.839. The molecule has 0 saturated carbocycles. The van der Waals surface area contributed by atoms with Crippen molar-refractivity contribution in [3.8, 4) is 6.07 Å². The van der Waals surface area contributed by atoms with Crippen LogP contribution in [0.25, 0.3) is 0 Å². The van der Waals surface area contributed by atoms with Crippen LogP contribution >= 0.6 is 0 Å². The van der Waals surface area contributed by atoms with Crippen molar-refractivity contribution < 1.29 is 13.2 Å². The van der Waals surface area contributed by atoms with Crippen LogP contribution in [0.3, 0.4) is 0 Å². The number of nitrogens with zero attached hydrogens (tertiary/aromatic N) is 1. The topological polar surface area (TPSA) is 67.2 Å². The first-order valence-corrected chi connectivity index (χ1v) is 4.69. The molecule has 0 unspecified atom stereocenters. The van der Waals surface area contributed by atoms with Gasteiger partial charge in [0, 0.05) is 0 Å². The molecule has 0 aromatic carbocycles. The van der Waals surface area contributed by atoms with Crippen LogP contribution in [-0.4, -0.2) is 20.8 Å². The molecule has 0 spiro atoms. The smallest absolute Gasteiger partial charge is 0.195 e. The molecule has 68 valence electrons. The van der Waals surface area contributed by atoms with Gasteiger partial charge in [0.2, 0.25) is 0 Å². The molecule has 1 aliphatic heterocycles. The molecule has 0 atom stereocenters. The van der Waals surface area contributed by atoms with Crippen molar-refractivity contribution in [1.82, 2.24) is 0 Å². The number of rotatable bonds is 0. The number of hydrogen-bond donors (Lipinski definition) is 0. The van der Waals surface area contributed by atoms with E-state index in [4.69, 9.17) is 10.00 Å². The summed E-state index contributed by atoms with van der Waals surface area (Å²) < 4.78 is 27.0. The molecule has 5 heteroatoms. The normalized spacial score (nSPS) is 20.3. The molecule has 0 aromatic heterocycles. The summed E-state index contributed by atoms with van der Waals surface area (Å²) >= 11 is 0. The second-order valence-corrected chi connectivity index (χ2v) is 4.21. The Balaban J connectivity index is 0.00000121. The average molecular weight is 189 g/mol. The third kappa shape index (κ3) is 1.77. The molecule has 0 fully saturated rings. The molecule has 0 aliphatic carbocycles. The molecule has 4 nitrogen and oxygen atoms in total. The minimum atomic E-state index is -3.33. The summed E-state index contributed by atoms with van der Waals surface area (Å²) in [6.45, 7) is 1.63. The van der Waals surface area contributed by atoms with E-state index >= 15 is 0 Å². The van der Waals surface area contributed by atoms with Crippen LogP contribution in [0.4, 0.5) is 0 Å². The average Bonchev–Trinajstić information content (AvgIpc) is 1.86. The first-order valence-electron chi connectivity index (χ1n) is 3.04. The van der Waals surface area contributed by atoms with Gasteiger partial charge >= 0.3 is 0 Å². The quantitative estimate of drug-likeness (QED) is 0.566. The van der Waals surface area contributed by atoms with Crippen LogP contribution in [0.15, 0.2) is 10.7 Å². The summed E-state index contributed by atoms with van der Waals surface area (Å²) in [6, 6.07) is 1.61. The highest BCUT2D eigenvalue weighted by Gasteiger charge is 2.25. The lowest BCUT2D eigenvalue weighted by Gasteiger charge is -2.13. The van der Waals surface area contributed by atoms with Crippen LogP contribution in [0, 0.1) is 11.3 Å². The Morgan fingerprint density at radius 2 is 2.17 bits per heavy atom. The van der Waals surface area contributed by atoms with Crippen molar-refractivity contribution in [1.29, 1.82) is 5.26 Å². The molecular weight excluding hydrogens is 178 g/mol. The Bertz CT molecular complexity index is 334. The van der Waals surface area contributed by atoms with E-state index in [2.05, 4.69) is 0 Å². The summed E-state index contributed by atoms with van der Waals surface area (Å²) in [4.78, 5) is -0.233. The fraction of sp³-hybridized carbons (Fsp3) is 0.571. The molecule has 0 saturated heterocycles. The highest BCUT2D eigenvalue weighted by Crippen LogP contribution is 2.17. The van der Waals surface area contributed by atoms with Crippen LogP contribution in [0.5, 0.6) is 0 Å². The molecule has 12 heavy (non-hydrogen) atoms. The Kier molecular flexibility index (Phi) is 3.28. The van der Waals surface area contributed by atoms with Gasteiger partial charge < -0.3 is 4.74 Å². The largest absolute Gasteiger partial charge is 0.495 e. The van der Waals surface area contributed by atoms with Gasteiger partial charge in [0.25, 0.3) is 0 Å². The minimum Gasteiger partial charge on any atom is -0.495 e. The van der Waals surface area contributed by atoms with E-state index in [1.807, 2.05) is 0 Å². The zero-order valence-corrected chi connectivity index (χ0v) is 6.81. The van der Waals surface area contributed by atoms with Crippen molar-refractivity contribution in [2.45, 2.75) is 14.4 Å². The van der Waals surface area contributed by atoms with Crippen LogP contribution < -0.4 is 0 Å². The van der Waals surface area contributed by atoms with Gasteiger partial charge in [-0.2, -0.15) is 5.26 Å². The zero-order chi connectivity index (χ0) is 8.48. The maximum Gasteiger partial charge on any atom is 0.195 e. The standard InChI is InChI=1S/C6H7NO3S.CH4/c1-5-6(4-7)11(8,9)3-2-10-5;/h2-3H2,1H3;1H4. The third-order valence-electron chi connectivity index (χ3n) is 1.40. The summed E-state index contributed by atoms with van der Waals surface area (Å²) in [5.41, 5.74) is 0. The molecular formula is C7H11NO3S. The minimum absolute atomic E-state index is 0. The van der Waals surface area contributed by atoms with Gasteiger partial charge in [-0.1, -0.05) is 7.43 Å². The summed E-state index contributed by atoms with van der Waals surface area (Å²) in [5.74, 6) is 0.117. The Labute approximate surface area is 72.4 Å². The summed E-state index contributed by atoms with van der Waals surface area (Å²) in [7, 11) is -3.33. The van der Waals surface area contributed by atoms with E-state index in [9.17, 15) is 8.42 Å². The second kappa shape index (κ2) is 3.59. The van der Waals surface area contributed by atoms with Gasteiger partial charge in [-0.25, -0.2) is 8.42 Å². The first-order chi connectivity index (χ1) is 5.08. The molecule has 0 radical (unpaired) electrons. The lowest BCUT2D eigenvalue weighted by atomic mass is 10.5. The van der Waals surface area contributed by atoms with Crippen molar-refractivity contribution in [2.24, 2.45) is 0 Å². The fourth-order valence-corrected chi connectivity index (χ4v) is 1.98. The lowest BCUT2D eigenvalue weighted by Crippen LogP contribution is -2.20. The summed E-state index contributed by atoms with van der Waals surface area (Å²) in [5, 5.41) is 8.43. The molecule has 0 N–H and O–H groups in total. The van der Waals surface area contributed by atoms with Crippen molar-refractivity contribution in [2.75, 3.05) is 12.4 Å². The van der Waals surface area contributed by atoms with E-state index in [0.29, 0.717) is 0 Å². The first kappa shape index (κ1) is 11.0. The van der Waals surface area contributed by atoms with Gasteiger partial charge in [-0.05, 0) is 6.92 Å². The van der Waals surface area contributed by atoms with Crippen molar-refractivity contribution in [3.05, 3.63) is 10.7 Å². The Hall–Kier alpha value is -1.02. The molecule has 0 bridgehead atoms. The van der Waals surface area contributed by atoms with Crippen LogP contribution in [0.1, 0.15) is 14.4 Å². The maximum absolute atomic E-state index is 11.1. The van der Waals surface area contributed by atoms with Crippen LogP contribution in [-0.2, 0) is 14.6 Å². The SMILES string of the molecule is C.CC1=C(C#N)S(=O)(=O)CCO1. The van der Waals surface area contributed by atoms with E-state index in [1.165, 1.54) is 6.92 Å². The number of nitriles is 1. The van der Waals surface area contributed by atoms with E-state index < -0.39 is 9.84 Å².